The molecule has 13 heavy (non-hydrogen) atoms. The highest BCUT2D eigenvalue weighted by molar-refractivity contribution is 9.12. The number of hydrogen-bond acceptors (Lipinski definition) is 3. The van der Waals surface area contributed by atoms with E-state index in [1.807, 2.05) is 6.08 Å². The zero-order chi connectivity index (χ0) is 10.2. The van der Waals surface area contributed by atoms with E-state index in [-0.39, 0.29) is 5.57 Å². The maximum absolute atomic E-state index is 10.7. The number of rotatable bonds is 1. The summed E-state index contributed by atoms with van der Waals surface area (Å²) in [5, 5.41) is 10.7. The van der Waals surface area contributed by atoms with E-state index >= 15 is 0 Å². The third-order valence-electron chi connectivity index (χ3n) is 1.89. The molecule has 0 aromatic heterocycles. The van der Waals surface area contributed by atoms with Gasteiger partial charge >= 0.3 is 0 Å². The predicted molar refractivity (Wildman–Crippen MR) is 55.4 cm³/mol. The summed E-state index contributed by atoms with van der Waals surface area (Å²) in [5.41, 5.74) is 5.81. The van der Waals surface area contributed by atoms with E-state index in [0.717, 1.165) is 0 Å². The SMILES string of the molecule is CC1(Br)C=C(Br)C=C(C(=O)[O-])C1N. The summed E-state index contributed by atoms with van der Waals surface area (Å²) in [6.07, 6.45) is 3.27. The molecule has 0 bridgehead atoms. The number of carboxylic acids is 1. The number of allylic oxidation sites excluding steroid dienone is 2. The second kappa shape index (κ2) is 3.55. The van der Waals surface area contributed by atoms with Crippen LogP contribution in [0.3, 0.4) is 0 Å². The number of alkyl halides is 1. The van der Waals surface area contributed by atoms with E-state index in [9.17, 15) is 9.90 Å². The van der Waals surface area contributed by atoms with Crippen molar-refractivity contribution >= 4 is 37.8 Å². The molecule has 1 aliphatic rings. The van der Waals surface area contributed by atoms with Gasteiger partial charge in [-0.05, 0) is 18.6 Å². The van der Waals surface area contributed by atoms with Crippen molar-refractivity contribution in [2.45, 2.75) is 17.3 Å². The number of carbonyl (C=O) groups is 1. The number of halogens is 2. The third kappa shape index (κ3) is 2.21. The average molecular weight is 310 g/mol. The lowest BCUT2D eigenvalue weighted by atomic mass is 9.90. The lowest BCUT2D eigenvalue weighted by molar-refractivity contribution is -0.299. The van der Waals surface area contributed by atoms with E-state index in [4.69, 9.17) is 5.73 Å². The van der Waals surface area contributed by atoms with Gasteiger partial charge in [0.25, 0.3) is 0 Å². The first-order chi connectivity index (χ1) is 5.84. The lowest BCUT2D eigenvalue weighted by Crippen LogP contribution is -2.47. The summed E-state index contributed by atoms with van der Waals surface area (Å²) < 4.78 is 0.142. The van der Waals surface area contributed by atoms with E-state index in [1.54, 1.807) is 6.92 Å². The molecule has 3 nitrogen and oxygen atoms in total. The minimum atomic E-state index is -1.23. The van der Waals surface area contributed by atoms with Gasteiger partial charge in [0, 0.05) is 4.48 Å². The molecule has 5 heteroatoms. The van der Waals surface area contributed by atoms with Crippen molar-refractivity contribution in [2.75, 3.05) is 0 Å². The highest BCUT2D eigenvalue weighted by atomic mass is 79.9. The Morgan fingerprint density at radius 2 is 2.31 bits per heavy atom. The van der Waals surface area contributed by atoms with Crippen LogP contribution in [0.2, 0.25) is 0 Å². The largest absolute Gasteiger partial charge is 0.545 e. The summed E-state index contributed by atoms with van der Waals surface area (Å²) in [6.45, 7) is 1.80. The average Bonchev–Trinajstić information content (AvgIpc) is 1.95. The van der Waals surface area contributed by atoms with Crippen molar-refractivity contribution in [3.05, 3.63) is 22.2 Å². The van der Waals surface area contributed by atoms with Gasteiger partial charge in [0.2, 0.25) is 0 Å². The van der Waals surface area contributed by atoms with Crippen LogP contribution in [0.25, 0.3) is 0 Å². The Kier molecular flexibility index (Phi) is 2.99. The van der Waals surface area contributed by atoms with Crippen LogP contribution < -0.4 is 10.8 Å². The molecule has 2 N–H and O–H groups in total. The van der Waals surface area contributed by atoms with Crippen molar-refractivity contribution < 1.29 is 9.90 Å². The Hall–Kier alpha value is -0.130. The Balaban J connectivity index is 3.12. The highest BCUT2D eigenvalue weighted by Gasteiger charge is 2.32. The number of nitrogens with two attached hydrogens (primary N) is 1. The van der Waals surface area contributed by atoms with Gasteiger partial charge < -0.3 is 15.6 Å². The van der Waals surface area contributed by atoms with Gasteiger partial charge in [-0.2, -0.15) is 0 Å². The first kappa shape index (κ1) is 10.9. The molecule has 0 aliphatic heterocycles. The number of carbonyl (C=O) groups excluding carboxylic acids is 1. The first-order valence-electron chi connectivity index (χ1n) is 3.60. The maximum atomic E-state index is 10.7. The summed E-state index contributed by atoms with van der Waals surface area (Å²) in [6, 6.07) is -0.598. The molecule has 0 saturated heterocycles. The zero-order valence-electron chi connectivity index (χ0n) is 6.88. The van der Waals surface area contributed by atoms with Crippen molar-refractivity contribution in [3.8, 4) is 0 Å². The Morgan fingerprint density at radius 3 is 2.77 bits per heavy atom. The van der Waals surface area contributed by atoms with E-state index in [0.29, 0.717) is 4.48 Å². The summed E-state index contributed by atoms with van der Waals surface area (Å²) in [4.78, 5) is 10.7. The number of hydrogen-bond donors (Lipinski definition) is 1. The molecule has 0 aromatic rings. The molecular formula is C8H8Br2NO2-. The van der Waals surface area contributed by atoms with Crippen molar-refractivity contribution in [3.63, 3.8) is 0 Å². The molecule has 0 amide bonds. The van der Waals surface area contributed by atoms with Gasteiger partial charge in [-0.15, -0.1) is 0 Å². The van der Waals surface area contributed by atoms with Crippen LogP contribution in [0.1, 0.15) is 6.92 Å². The van der Waals surface area contributed by atoms with Gasteiger partial charge in [-0.1, -0.05) is 37.9 Å². The van der Waals surface area contributed by atoms with Crippen LogP contribution in [0.15, 0.2) is 22.2 Å². The topological polar surface area (TPSA) is 66.1 Å². The second-order valence-electron chi connectivity index (χ2n) is 3.05. The Bertz CT molecular complexity index is 307. The van der Waals surface area contributed by atoms with E-state index in [2.05, 4.69) is 31.9 Å². The van der Waals surface area contributed by atoms with Crippen LogP contribution in [-0.2, 0) is 4.79 Å². The predicted octanol–water partition coefficient (Wildman–Crippen LogP) is 0.436. The lowest BCUT2D eigenvalue weighted by Gasteiger charge is -2.32. The van der Waals surface area contributed by atoms with Crippen LogP contribution in [0.4, 0.5) is 0 Å². The monoisotopic (exact) mass is 308 g/mol. The Labute approximate surface area is 92.9 Å². The molecule has 72 valence electrons. The molecule has 0 spiro atoms. The quantitative estimate of drug-likeness (QED) is 0.715. The molecule has 0 saturated carbocycles. The highest BCUT2D eigenvalue weighted by Crippen LogP contribution is 2.34. The molecular weight excluding hydrogens is 302 g/mol. The number of aliphatic carboxylic acids is 1. The fourth-order valence-corrected chi connectivity index (χ4v) is 2.65. The standard InChI is InChI=1S/C8H9Br2NO2/c1-8(10)3-4(9)2-5(6(8)11)7(12)13/h2-3,6H,11H2,1H3,(H,12,13)/p-1. The normalized spacial score (nSPS) is 33.7. The molecule has 2 unspecified atom stereocenters. The van der Waals surface area contributed by atoms with Gasteiger partial charge in [-0.25, -0.2) is 0 Å². The van der Waals surface area contributed by atoms with Gasteiger partial charge in [0.15, 0.2) is 0 Å². The second-order valence-corrected chi connectivity index (χ2v) is 5.67. The number of carboxylic acid groups (broad SMARTS) is 1. The first-order valence-corrected chi connectivity index (χ1v) is 5.19. The minimum Gasteiger partial charge on any atom is -0.545 e. The van der Waals surface area contributed by atoms with E-state index < -0.39 is 16.3 Å². The maximum Gasteiger partial charge on any atom is 0.0691 e. The van der Waals surface area contributed by atoms with Crippen molar-refractivity contribution in [1.29, 1.82) is 0 Å². The summed E-state index contributed by atoms with van der Waals surface area (Å²) in [5.74, 6) is -1.23. The van der Waals surface area contributed by atoms with Gasteiger partial charge in [0.1, 0.15) is 0 Å². The third-order valence-corrected chi connectivity index (χ3v) is 3.07. The van der Waals surface area contributed by atoms with Crippen LogP contribution >= 0.6 is 31.9 Å². The summed E-state index contributed by atoms with van der Waals surface area (Å²) >= 11 is 6.55. The summed E-state index contributed by atoms with van der Waals surface area (Å²) in [7, 11) is 0. The molecule has 1 rings (SSSR count). The minimum absolute atomic E-state index is 0.0914. The molecule has 0 heterocycles. The van der Waals surface area contributed by atoms with Crippen molar-refractivity contribution in [1.82, 2.24) is 0 Å². The van der Waals surface area contributed by atoms with Crippen LogP contribution in [0.5, 0.6) is 0 Å². The van der Waals surface area contributed by atoms with Gasteiger partial charge in [-0.3, -0.25) is 0 Å². The molecule has 0 aromatic carbocycles. The van der Waals surface area contributed by atoms with E-state index in [1.165, 1.54) is 6.08 Å². The van der Waals surface area contributed by atoms with Crippen molar-refractivity contribution in [2.24, 2.45) is 5.73 Å². The van der Waals surface area contributed by atoms with Crippen LogP contribution in [-0.4, -0.2) is 16.3 Å². The molecule has 2 atom stereocenters. The van der Waals surface area contributed by atoms with Gasteiger partial charge in [0.05, 0.1) is 16.3 Å². The Morgan fingerprint density at radius 1 is 1.77 bits per heavy atom. The fraction of sp³-hybridized carbons (Fsp3) is 0.375. The smallest absolute Gasteiger partial charge is 0.0691 e. The molecule has 1 aliphatic carbocycles. The van der Waals surface area contributed by atoms with Crippen LogP contribution in [0, 0.1) is 0 Å². The fourth-order valence-electron chi connectivity index (χ4n) is 1.13. The molecule has 0 radical (unpaired) electrons. The molecule has 0 fully saturated rings. The zero-order valence-corrected chi connectivity index (χ0v) is 10.1.